The fourth-order valence-corrected chi connectivity index (χ4v) is 2.41. The number of hydrogen-bond donors (Lipinski definition) is 2. The first-order valence-corrected chi connectivity index (χ1v) is 6.82. The van der Waals surface area contributed by atoms with Crippen molar-refractivity contribution in [3.05, 3.63) is 29.3 Å². The molecule has 0 saturated carbocycles. The summed E-state index contributed by atoms with van der Waals surface area (Å²) < 4.78 is 0. The quantitative estimate of drug-likeness (QED) is 0.853. The smallest absolute Gasteiger partial charge is 0.253 e. The molecule has 1 atom stereocenters. The molecule has 0 radical (unpaired) electrons. The minimum absolute atomic E-state index is 0.0591. The van der Waals surface area contributed by atoms with Crippen molar-refractivity contribution >= 4 is 23.4 Å². The molecule has 112 valence electrons. The van der Waals surface area contributed by atoms with E-state index in [1.54, 1.807) is 39.2 Å². The van der Waals surface area contributed by atoms with E-state index >= 15 is 0 Å². The van der Waals surface area contributed by atoms with Crippen molar-refractivity contribution in [2.75, 3.05) is 26.0 Å². The van der Waals surface area contributed by atoms with E-state index in [0.717, 1.165) is 11.3 Å². The summed E-state index contributed by atoms with van der Waals surface area (Å²) in [5.74, 6) is -0.593. The Morgan fingerprint density at radius 2 is 2.14 bits per heavy atom. The zero-order chi connectivity index (χ0) is 15.6. The van der Waals surface area contributed by atoms with Gasteiger partial charge in [0.15, 0.2) is 0 Å². The topological polar surface area (TPSA) is 78.5 Å². The second kappa shape index (κ2) is 5.95. The highest BCUT2D eigenvalue weighted by Gasteiger charge is 2.22. The average Bonchev–Trinajstić information content (AvgIpc) is 2.84. The van der Waals surface area contributed by atoms with E-state index in [1.165, 1.54) is 4.90 Å². The molecular weight excluding hydrogens is 270 g/mol. The summed E-state index contributed by atoms with van der Waals surface area (Å²) in [6, 6.07) is 5.16. The Kier molecular flexibility index (Phi) is 4.26. The normalized spacial score (nSPS) is 14.1. The van der Waals surface area contributed by atoms with Crippen molar-refractivity contribution in [3.8, 4) is 0 Å². The Balaban J connectivity index is 2.08. The molecule has 1 unspecified atom stereocenters. The second-order valence-electron chi connectivity index (χ2n) is 5.30. The van der Waals surface area contributed by atoms with Gasteiger partial charge in [0.05, 0.1) is 12.3 Å². The molecule has 21 heavy (non-hydrogen) atoms. The maximum Gasteiger partial charge on any atom is 0.253 e. The van der Waals surface area contributed by atoms with Gasteiger partial charge in [-0.3, -0.25) is 14.4 Å². The summed E-state index contributed by atoms with van der Waals surface area (Å²) >= 11 is 0. The Morgan fingerprint density at radius 3 is 2.81 bits per heavy atom. The first kappa shape index (κ1) is 15.0. The molecule has 1 aliphatic heterocycles. The lowest BCUT2D eigenvalue weighted by Crippen LogP contribution is -2.37. The summed E-state index contributed by atoms with van der Waals surface area (Å²) in [6.45, 7) is 2.11. The highest BCUT2D eigenvalue weighted by molar-refractivity contribution is 6.01. The third-order valence-corrected chi connectivity index (χ3v) is 3.57. The van der Waals surface area contributed by atoms with E-state index in [1.807, 2.05) is 0 Å². The third kappa shape index (κ3) is 3.21. The number of benzene rings is 1. The van der Waals surface area contributed by atoms with Crippen LogP contribution in [0.2, 0.25) is 0 Å². The van der Waals surface area contributed by atoms with Gasteiger partial charge in [0.25, 0.3) is 5.91 Å². The fraction of sp³-hybridized carbons (Fsp3) is 0.400. The summed E-state index contributed by atoms with van der Waals surface area (Å²) in [5.41, 5.74) is 2.12. The molecule has 1 heterocycles. The lowest BCUT2D eigenvalue weighted by molar-refractivity contribution is -0.124. The average molecular weight is 289 g/mol. The van der Waals surface area contributed by atoms with E-state index in [4.69, 9.17) is 0 Å². The van der Waals surface area contributed by atoms with Gasteiger partial charge in [-0.05, 0) is 23.8 Å². The van der Waals surface area contributed by atoms with Crippen LogP contribution in [-0.2, 0) is 16.0 Å². The van der Waals surface area contributed by atoms with E-state index in [0.29, 0.717) is 18.5 Å². The Bertz CT molecular complexity index is 598. The van der Waals surface area contributed by atoms with Crippen LogP contribution in [-0.4, -0.2) is 43.3 Å². The van der Waals surface area contributed by atoms with Gasteiger partial charge >= 0.3 is 0 Å². The first-order valence-electron chi connectivity index (χ1n) is 6.82. The number of anilines is 1. The third-order valence-electron chi connectivity index (χ3n) is 3.57. The van der Waals surface area contributed by atoms with Crippen LogP contribution in [0.15, 0.2) is 18.2 Å². The molecule has 0 saturated heterocycles. The van der Waals surface area contributed by atoms with Crippen molar-refractivity contribution in [3.63, 3.8) is 0 Å². The standard InChI is InChI=1S/C15H19N3O3/c1-9(14(20)16-2)8-18(3)15(21)10-4-5-12-11(6-10)7-13(19)17-12/h4-6,9H,7-8H2,1-3H3,(H,16,20)(H,17,19). The first-order chi connectivity index (χ1) is 9.92. The highest BCUT2D eigenvalue weighted by Crippen LogP contribution is 2.24. The lowest BCUT2D eigenvalue weighted by atomic mass is 10.1. The van der Waals surface area contributed by atoms with E-state index in [9.17, 15) is 14.4 Å². The van der Waals surface area contributed by atoms with E-state index in [2.05, 4.69) is 10.6 Å². The van der Waals surface area contributed by atoms with Gasteiger partial charge < -0.3 is 15.5 Å². The van der Waals surface area contributed by atoms with Crippen LogP contribution in [0, 0.1) is 5.92 Å². The number of nitrogens with zero attached hydrogens (tertiary/aromatic N) is 1. The zero-order valence-corrected chi connectivity index (χ0v) is 12.4. The molecule has 0 aromatic heterocycles. The lowest BCUT2D eigenvalue weighted by Gasteiger charge is -2.21. The van der Waals surface area contributed by atoms with Crippen LogP contribution < -0.4 is 10.6 Å². The monoisotopic (exact) mass is 289 g/mol. The van der Waals surface area contributed by atoms with Crippen molar-refractivity contribution in [2.45, 2.75) is 13.3 Å². The predicted octanol–water partition coefficient (Wildman–Crippen LogP) is 0.635. The molecular formula is C15H19N3O3. The zero-order valence-electron chi connectivity index (χ0n) is 12.4. The number of nitrogens with one attached hydrogen (secondary N) is 2. The molecule has 0 spiro atoms. The molecule has 0 fully saturated rings. The molecule has 2 N–H and O–H groups in total. The molecule has 1 aliphatic rings. The van der Waals surface area contributed by atoms with Crippen LogP contribution in [0.3, 0.4) is 0 Å². The largest absolute Gasteiger partial charge is 0.359 e. The van der Waals surface area contributed by atoms with Crippen LogP contribution in [0.25, 0.3) is 0 Å². The molecule has 1 aromatic rings. The Hall–Kier alpha value is -2.37. The van der Waals surface area contributed by atoms with Crippen molar-refractivity contribution in [1.29, 1.82) is 0 Å². The van der Waals surface area contributed by atoms with Crippen molar-refractivity contribution in [2.24, 2.45) is 5.92 Å². The number of rotatable bonds is 4. The minimum Gasteiger partial charge on any atom is -0.359 e. The maximum absolute atomic E-state index is 12.4. The van der Waals surface area contributed by atoms with Gasteiger partial charge in [-0.2, -0.15) is 0 Å². The number of fused-ring (bicyclic) bond motifs is 1. The Morgan fingerprint density at radius 1 is 1.43 bits per heavy atom. The van der Waals surface area contributed by atoms with Gasteiger partial charge in [0.1, 0.15) is 0 Å². The SMILES string of the molecule is CNC(=O)C(C)CN(C)C(=O)c1ccc2c(c1)CC(=O)N2. The van der Waals surface area contributed by atoms with E-state index in [-0.39, 0.29) is 23.6 Å². The molecule has 2 rings (SSSR count). The fourth-order valence-electron chi connectivity index (χ4n) is 2.41. The molecule has 0 aliphatic carbocycles. The highest BCUT2D eigenvalue weighted by atomic mass is 16.2. The number of hydrogen-bond acceptors (Lipinski definition) is 3. The van der Waals surface area contributed by atoms with Crippen LogP contribution >= 0.6 is 0 Å². The van der Waals surface area contributed by atoms with Gasteiger partial charge in [-0.25, -0.2) is 0 Å². The van der Waals surface area contributed by atoms with E-state index < -0.39 is 0 Å². The minimum atomic E-state index is -0.276. The molecule has 6 heteroatoms. The second-order valence-corrected chi connectivity index (χ2v) is 5.30. The number of carbonyl (C=O) groups excluding carboxylic acids is 3. The van der Waals surface area contributed by atoms with Gasteiger partial charge in [0.2, 0.25) is 11.8 Å². The van der Waals surface area contributed by atoms with Gasteiger partial charge in [-0.15, -0.1) is 0 Å². The Labute approximate surface area is 123 Å². The number of carbonyl (C=O) groups is 3. The summed E-state index contributed by atoms with van der Waals surface area (Å²) in [4.78, 5) is 36.7. The number of amides is 3. The molecule has 1 aromatic carbocycles. The van der Waals surface area contributed by atoms with Gasteiger partial charge in [-0.1, -0.05) is 6.92 Å². The predicted molar refractivity (Wildman–Crippen MR) is 79.0 cm³/mol. The molecule has 6 nitrogen and oxygen atoms in total. The van der Waals surface area contributed by atoms with Crippen LogP contribution in [0.5, 0.6) is 0 Å². The molecule has 0 bridgehead atoms. The van der Waals surface area contributed by atoms with Gasteiger partial charge in [0, 0.05) is 31.9 Å². The summed E-state index contributed by atoms with van der Waals surface area (Å²) in [7, 11) is 3.24. The van der Waals surface area contributed by atoms with Crippen molar-refractivity contribution < 1.29 is 14.4 Å². The maximum atomic E-state index is 12.4. The summed E-state index contributed by atoms with van der Waals surface area (Å²) in [6.07, 6.45) is 0.300. The van der Waals surface area contributed by atoms with Crippen molar-refractivity contribution in [1.82, 2.24) is 10.2 Å². The molecule has 3 amide bonds. The van der Waals surface area contributed by atoms with Crippen LogP contribution in [0.4, 0.5) is 5.69 Å². The summed E-state index contributed by atoms with van der Waals surface area (Å²) in [5, 5.41) is 5.30. The van der Waals surface area contributed by atoms with Crippen LogP contribution in [0.1, 0.15) is 22.8 Å².